The molecule has 8 heteroatoms. The van der Waals surface area contributed by atoms with Crippen molar-refractivity contribution >= 4 is 17.7 Å². The van der Waals surface area contributed by atoms with Crippen LogP contribution < -0.4 is 10.1 Å². The molecule has 0 saturated heterocycles. The summed E-state index contributed by atoms with van der Waals surface area (Å²) in [4.78, 5) is 12.0. The maximum absolute atomic E-state index is 12.0. The van der Waals surface area contributed by atoms with Gasteiger partial charge in [-0.05, 0) is 53.8 Å². The van der Waals surface area contributed by atoms with Crippen LogP contribution in [0.3, 0.4) is 0 Å². The number of anilines is 1. The minimum absolute atomic E-state index is 0.282. The van der Waals surface area contributed by atoms with Gasteiger partial charge in [0.05, 0.1) is 13.4 Å². The second-order valence-electron chi connectivity index (χ2n) is 4.86. The summed E-state index contributed by atoms with van der Waals surface area (Å²) in [7, 11) is 1.56. The van der Waals surface area contributed by atoms with E-state index in [-0.39, 0.29) is 5.91 Å². The molecule has 0 radical (unpaired) electrons. The van der Waals surface area contributed by atoms with Gasteiger partial charge in [0.1, 0.15) is 17.2 Å². The lowest BCUT2D eigenvalue weighted by atomic mass is 10.2. The standard InChI is InChI=1S/C16H15N5O3/c1-11-18-19-20-21(11)14-10-12(5-7-15(14)23-2)17-16(22)8-6-13-4-3-9-24-13/h3-10H,1-2H3,(H,17,22)/b8-6-. The number of benzene rings is 1. The fourth-order valence-electron chi connectivity index (χ4n) is 2.12. The molecule has 2 heterocycles. The first-order valence-electron chi connectivity index (χ1n) is 7.13. The highest BCUT2D eigenvalue weighted by Gasteiger charge is 2.11. The Balaban J connectivity index is 1.82. The van der Waals surface area contributed by atoms with E-state index < -0.39 is 0 Å². The third-order valence-electron chi connectivity index (χ3n) is 3.24. The van der Waals surface area contributed by atoms with Crippen LogP contribution in [0.4, 0.5) is 5.69 Å². The van der Waals surface area contributed by atoms with Crippen LogP contribution in [-0.2, 0) is 4.79 Å². The van der Waals surface area contributed by atoms with Crippen molar-refractivity contribution in [2.45, 2.75) is 6.92 Å². The number of methoxy groups -OCH3 is 1. The first-order valence-corrected chi connectivity index (χ1v) is 7.13. The van der Waals surface area contributed by atoms with E-state index in [2.05, 4.69) is 20.8 Å². The van der Waals surface area contributed by atoms with E-state index in [1.807, 2.05) is 0 Å². The van der Waals surface area contributed by atoms with Crippen LogP contribution in [0.25, 0.3) is 11.8 Å². The summed E-state index contributed by atoms with van der Waals surface area (Å²) in [5, 5.41) is 14.2. The molecule has 1 aromatic carbocycles. The third-order valence-corrected chi connectivity index (χ3v) is 3.24. The first-order chi connectivity index (χ1) is 11.7. The molecule has 0 spiro atoms. The average molecular weight is 325 g/mol. The smallest absolute Gasteiger partial charge is 0.248 e. The van der Waals surface area contributed by atoms with Gasteiger partial charge in [0.15, 0.2) is 5.82 Å². The Morgan fingerprint density at radius 3 is 2.92 bits per heavy atom. The summed E-state index contributed by atoms with van der Waals surface area (Å²) in [5.41, 5.74) is 1.22. The number of aromatic nitrogens is 4. The number of nitrogens with zero attached hydrogens (tertiary/aromatic N) is 4. The number of hydrogen-bond donors (Lipinski definition) is 1. The van der Waals surface area contributed by atoms with Gasteiger partial charge < -0.3 is 14.5 Å². The predicted molar refractivity (Wildman–Crippen MR) is 86.8 cm³/mol. The molecule has 0 unspecified atom stereocenters. The molecule has 0 saturated carbocycles. The van der Waals surface area contributed by atoms with Crippen molar-refractivity contribution in [3.8, 4) is 11.4 Å². The third kappa shape index (κ3) is 3.32. The fraction of sp³-hybridized carbons (Fsp3) is 0.125. The molecule has 0 aliphatic heterocycles. The van der Waals surface area contributed by atoms with Crippen molar-refractivity contribution in [1.82, 2.24) is 20.2 Å². The van der Waals surface area contributed by atoms with E-state index in [0.717, 1.165) is 0 Å². The van der Waals surface area contributed by atoms with Gasteiger partial charge in [-0.15, -0.1) is 5.10 Å². The highest BCUT2D eigenvalue weighted by atomic mass is 16.5. The van der Waals surface area contributed by atoms with Crippen molar-refractivity contribution in [1.29, 1.82) is 0 Å². The van der Waals surface area contributed by atoms with E-state index >= 15 is 0 Å². The number of rotatable bonds is 5. The van der Waals surface area contributed by atoms with Gasteiger partial charge in [-0.3, -0.25) is 4.79 Å². The van der Waals surface area contributed by atoms with E-state index in [1.165, 1.54) is 10.8 Å². The van der Waals surface area contributed by atoms with Crippen LogP contribution in [0.5, 0.6) is 5.75 Å². The lowest BCUT2D eigenvalue weighted by Crippen LogP contribution is -2.09. The minimum atomic E-state index is -0.282. The molecule has 8 nitrogen and oxygen atoms in total. The average Bonchev–Trinajstić information content (AvgIpc) is 3.24. The minimum Gasteiger partial charge on any atom is -0.494 e. The van der Waals surface area contributed by atoms with Crippen LogP contribution in [-0.4, -0.2) is 33.2 Å². The Morgan fingerprint density at radius 2 is 2.25 bits per heavy atom. The summed E-state index contributed by atoms with van der Waals surface area (Å²) < 4.78 is 12.0. The van der Waals surface area contributed by atoms with Gasteiger partial charge in [0.2, 0.25) is 5.91 Å². The van der Waals surface area contributed by atoms with Crippen LogP contribution in [0.15, 0.2) is 47.1 Å². The zero-order valence-electron chi connectivity index (χ0n) is 13.1. The molecule has 0 bridgehead atoms. The number of furan rings is 1. The molecule has 0 aliphatic rings. The molecule has 24 heavy (non-hydrogen) atoms. The summed E-state index contributed by atoms with van der Waals surface area (Å²) in [6.45, 7) is 1.77. The normalized spacial score (nSPS) is 10.9. The van der Waals surface area contributed by atoms with Crippen LogP contribution in [0, 0.1) is 6.92 Å². The molecule has 0 fully saturated rings. The Hall–Kier alpha value is -3.42. The molecule has 0 aliphatic carbocycles. The predicted octanol–water partition coefficient (Wildman–Crippen LogP) is 2.22. The van der Waals surface area contributed by atoms with Gasteiger partial charge in [0.25, 0.3) is 0 Å². The molecule has 3 aromatic rings. The molecule has 1 amide bonds. The van der Waals surface area contributed by atoms with Gasteiger partial charge in [-0.2, -0.15) is 4.68 Å². The summed E-state index contributed by atoms with van der Waals surface area (Å²) in [6, 6.07) is 8.72. The van der Waals surface area contributed by atoms with E-state index in [9.17, 15) is 4.79 Å². The van der Waals surface area contributed by atoms with E-state index in [4.69, 9.17) is 9.15 Å². The summed E-state index contributed by atoms with van der Waals surface area (Å²) in [6.07, 6.45) is 4.53. The van der Waals surface area contributed by atoms with Crippen LogP contribution in [0.1, 0.15) is 11.6 Å². The lowest BCUT2D eigenvalue weighted by molar-refractivity contribution is -0.111. The van der Waals surface area contributed by atoms with Crippen molar-refractivity contribution in [3.63, 3.8) is 0 Å². The van der Waals surface area contributed by atoms with Crippen LogP contribution in [0.2, 0.25) is 0 Å². The van der Waals surface area contributed by atoms with Crippen molar-refractivity contribution in [2.24, 2.45) is 0 Å². The number of carbonyl (C=O) groups excluding carboxylic acids is 1. The molecule has 1 N–H and O–H groups in total. The molecular weight excluding hydrogens is 310 g/mol. The van der Waals surface area contributed by atoms with Crippen molar-refractivity contribution in [3.05, 3.63) is 54.3 Å². The Labute approximate surface area is 137 Å². The number of ether oxygens (including phenoxy) is 1. The number of nitrogens with one attached hydrogen (secondary N) is 1. The van der Waals surface area contributed by atoms with Crippen LogP contribution >= 0.6 is 0 Å². The second-order valence-corrected chi connectivity index (χ2v) is 4.86. The summed E-state index contributed by atoms with van der Waals surface area (Å²) in [5.74, 6) is 1.52. The molecule has 3 rings (SSSR count). The largest absolute Gasteiger partial charge is 0.494 e. The Morgan fingerprint density at radius 1 is 1.38 bits per heavy atom. The Kier molecular flexibility index (Phi) is 4.37. The molecule has 122 valence electrons. The second kappa shape index (κ2) is 6.78. The molecule has 2 aromatic heterocycles. The van der Waals surface area contributed by atoms with Gasteiger partial charge >= 0.3 is 0 Å². The number of hydrogen-bond acceptors (Lipinski definition) is 6. The first kappa shape index (κ1) is 15.5. The van der Waals surface area contributed by atoms with E-state index in [1.54, 1.807) is 56.7 Å². The SMILES string of the molecule is COc1ccc(NC(=O)/C=C\c2ccco2)cc1-n1nnnc1C. The number of carbonyl (C=O) groups is 1. The monoisotopic (exact) mass is 325 g/mol. The number of tetrazole rings is 1. The lowest BCUT2D eigenvalue weighted by Gasteiger charge is -2.11. The highest BCUT2D eigenvalue weighted by Crippen LogP contribution is 2.26. The van der Waals surface area contributed by atoms with Crippen molar-refractivity contribution in [2.75, 3.05) is 12.4 Å². The zero-order valence-corrected chi connectivity index (χ0v) is 13.1. The maximum atomic E-state index is 12.0. The zero-order chi connectivity index (χ0) is 16.9. The maximum Gasteiger partial charge on any atom is 0.248 e. The molecular formula is C16H15N5O3. The van der Waals surface area contributed by atoms with Gasteiger partial charge in [0, 0.05) is 11.8 Å². The topological polar surface area (TPSA) is 95.1 Å². The van der Waals surface area contributed by atoms with Gasteiger partial charge in [-0.1, -0.05) is 0 Å². The fourth-order valence-corrected chi connectivity index (χ4v) is 2.12. The number of amides is 1. The highest BCUT2D eigenvalue weighted by molar-refractivity contribution is 6.01. The van der Waals surface area contributed by atoms with Crippen molar-refractivity contribution < 1.29 is 13.9 Å². The molecule has 0 atom stereocenters. The quantitative estimate of drug-likeness (QED) is 0.723. The Bertz CT molecular complexity index is 868. The summed E-state index contributed by atoms with van der Waals surface area (Å²) >= 11 is 0. The number of aryl methyl sites for hydroxylation is 1. The van der Waals surface area contributed by atoms with Gasteiger partial charge in [-0.25, -0.2) is 0 Å². The van der Waals surface area contributed by atoms with E-state index in [0.29, 0.717) is 28.7 Å².